The molecule has 0 amide bonds. The normalized spacial score (nSPS) is 45.4. The Bertz CT molecular complexity index is 1510. The van der Waals surface area contributed by atoms with Crippen LogP contribution in [-0.4, -0.2) is 152 Å². The number of aryl methyl sites for hydroxylation is 1. The van der Waals surface area contributed by atoms with Crippen molar-refractivity contribution in [1.29, 1.82) is 0 Å². The first kappa shape index (κ1) is 50.8. The number of aromatic nitrogens is 1. The summed E-state index contributed by atoms with van der Waals surface area (Å²) in [6, 6.07) is 1.52. The van der Waals surface area contributed by atoms with Crippen LogP contribution in [0.25, 0.3) is 0 Å². The number of hydrogen-bond donors (Lipinski definition) is 5. The van der Waals surface area contributed by atoms with Gasteiger partial charge >= 0.3 is 5.97 Å². The van der Waals surface area contributed by atoms with E-state index in [2.05, 4.69) is 10.1 Å². The lowest BCUT2D eigenvalue weighted by molar-refractivity contribution is -0.319. The molecule has 0 unspecified atom stereocenters. The molecule has 1 aromatic rings. The highest BCUT2D eigenvalue weighted by Gasteiger charge is 2.54. The highest BCUT2D eigenvalue weighted by molar-refractivity contribution is 5.73. The average Bonchev–Trinajstić information content (AvgIpc) is 3.60. The standard InChI is InChI=1S/C44H78N2O14/c1-16-32-44(13,52)37(48)26(7)35(54-21-30-17-25(6)60-45-30)23(4)19-42(11,51)39(59-41-34(47)31(18-24(5)55-41)46(14)22(2)3)27(8)36(28(9)40(50)57-32)58-33-20-43(12,53-15)38(49)29(10)56-33/h17,22-24,26-29,31-39,41,47-49,51-52H,16,18-21H2,1-15H3/t23-,24-,26+,27+,28-,29+,31+,32-,33+,34-,35+,36+,37-,38+,39-,41+,42-,43-,44-/m1/s1. The lowest BCUT2D eigenvalue weighted by atomic mass is 9.73. The molecule has 16 nitrogen and oxygen atoms in total. The van der Waals surface area contributed by atoms with Gasteiger partial charge in [-0.2, -0.15) is 0 Å². The molecule has 348 valence electrons. The van der Waals surface area contributed by atoms with Gasteiger partial charge in [-0.3, -0.25) is 9.69 Å². The van der Waals surface area contributed by atoms with E-state index in [1.165, 1.54) is 14.0 Å². The van der Waals surface area contributed by atoms with Crippen LogP contribution in [0, 0.1) is 30.6 Å². The number of cyclic esters (lactones) is 1. The third-order valence-electron chi connectivity index (χ3n) is 13.8. The van der Waals surface area contributed by atoms with E-state index in [4.69, 9.17) is 37.7 Å². The summed E-state index contributed by atoms with van der Waals surface area (Å²) in [5, 5.41) is 64.0. The van der Waals surface area contributed by atoms with Gasteiger partial charge < -0.3 is 63.2 Å². The Kier molecular flexibility index (Phi) is 17.3. The lowest BCUT2D eigenvalue weighted by Crippen LogP contribution is -2.62. The Hall–Kier alpha value is -1.80. The molecule has 60 heavy (non-hydrogen) atoms. The summed E-state index contributed by atoms with van der Waals surface area (Å²) < 4.78 is 49.8. The van der Waals surface area contributed by atoms with Crippen LogP contribution in [0.4, 0.5) is 0 Å². The van der Waals surface area contributed by atoms with Crippen molar-refractivity contribution in [3.63, 3.8) is 0 Å². The van der Waals surface area contributed by atoms with Crippen LogP contribution < -0.4 is 0 Å². The Morgan fingerprint density at radius 2 is 1.60 bits per heavy atom. The van der Waals surface area contributed by atoms with Gasteiger partial charge in [0.1, 0.15) is 35.4 Å². The number of esters is 1. The van der Waals surface area contributed by atoms with Gasteiger partial charge in [-0.15, -0.1) is 0 Å². The molecule has 0 aliphatic carbocycles. The van der Waals surface area contributed by atoms with E-state index in [9.17, 15) is 30.3 Å². The molecule has 0 aromatic carbocycles. The highest BCUT2D eigenvalue weighted by atomic mass is 16.7. The Balaban J connectivity index is 1.87. The number of aliphatic hydroxyl groups excluding tert-OH is 3. The third-order valence-corrected chi connectivity index (χ3v) is 13.8. The summed E-state index contributed by atoms with van der Waals surface area (Å²) in [4.78, 5) is 16.5. The van der Waals surface area contributed by atoms with Gasteiger partial charge in [0.2, 0.25) is 0 Å². The van der Waals surface area contributed by atoms with Crippen molar-refractivity contribution in [2.75, 3.05) is 14.2 Å². The van der Waals surface area contributed by atoms with Crippen molar-refractivity contribution in [2.24, 2.45) is 23.7 Å². The van der Waals surface area contributed by atoms with Gasteiger partial charge in [-0.1, -0.05) is 32.9 Å². The molecule has 0 spiro atoms. The van der Waals surface area contributed by atoms with Gasteiger partial charge in [0.25, 0.3) is 0 Å². The van der Waals surface area contributed by atoms with Gasteiger partial charge in [-0.05, 0) is 94.5 Å². The Labute approximate surface area is 357 Å². The van der Waals surface area contributed by atoms with E-state index in [1.807, 2.05) is 34.7 Å². The van der Waals surface area contributed by atoms with Crippen LogP contribution in [0.2, 0.25) is 0 Å². The van der Waals surface area contributed by atoms with Crippen LogP contribution in [0.15, 0.2) is 10.6 Å². The smallest absolute Gasteiger partial charge is 0.311 e. The summed E-state index contributed by atoms with van der Waals surface area (Å²) in [6.07, 6.45) is -10.0. The van der Waals surface area contributed by atoms with Crippen LogP contribution >= 0.6 is 0 Å². The van der Waals surface area contributed by atoms with Crippen molar-refractivity contribution < 1.29 is 68.0 Å². The van der Waals surface area contributed by atoms with E-state index in [0.717, 1.165) is 0 Å². The number of carbonyl (C=O) groups excluding carboxylic acids is 1. The zero-order chi connectivity index (χ0) is 45.2. The van der Waals surface area contributed by atoms with Crippen LogP contribution in [0.3, 0.4) is 0 Å². The number of aliphatic hydroxyl groups is 5. The molecule has 4 rings (SSSR count). The van der Waals surface area contributed by atoms with Crippen molar-refractivity contribution in [3.8, 4) is 0 Å². The van der Waals surface area contributed by atoms with E-state index < -0.39 is 108 Å². The fourth-order valence-corrected chi connectivity index (χ4v) is 9.83. The summed E-state index contributed by atoms with van der Waals surface area (Å²) in [6.45, 7) is 23.2. The summed E-state index contributed by atoms with van der Waals surface area (Å²) in [5.74, 6) is -3.27. The first-order valence-electron chi connectivity index (χ1n) is 21.9. The molecule has 3 fully saturated rings. The molecular weight excluding hydrogens is 780 g/mol. The maximum Gasteiger partial charge on any atom is 0.311 e. The fourth-order valence-electron chi connectivity index (χ4n) is 9.83. The van der Waals surface area contributed by atoms with Crippen LogP contribution in [0.1, 0.15) is 120 Å². The zero-order valence-corrected chi connectivity index (χ0v) is 38.7. The number of ether oxygens (including phenoxy) is 7. The molecule has 0 radical (unpaired) electrons. The number of carbonyl (C=O) groups is 1. The van der Waals surface area contributed by atoms with Gasteiger partial charge in [0.05, 0.1) is 60.4 Å². The second-order valence-electron chi connectivity index (χ2n) is 19.2. The minimum atomic E-state index is -1.93. The largest absolute Gasteiger partial charge is 0.459 e. The molecule has 19 atom stereocenters. The Morgan fingerprint density at radius 1 is 0.950 bits per heavy atom. The molecule has 3 aliphatic heterocycles. The van der Waals surface area contributed by atoms with E-state index >= 15 is 0 Å². The molecule has 3 saturated heterocycles. The minimum Gasteiger partial charge on any atom is -0.459 e. The van der Waals surface area contributed by atoms with Gasteiger partial charge in [0, 0.05) is 43.5 Å². The molecular formula is C44H78N2O14. The van der Waals surface area contributed by atoms with Crippen LogP contribution in [0.5, 0.6) is 0 Å². The first-order chi connectivity index (χ1) is 27.8. The molecule has 1 aromatic heterocycles. The molecule has 5 N–H and O–H groups in total. The zero-order valence-electron chi connectivity index (χ0n) is 38.7. The molecule has 4 heterocycles. The summed E-state index contributed by atoms with van der Waals surface area (Å²) in [5.41, 5.74) is -4.20. The van der Waals surface area contributed by atoms with Crippen molar-refractivity contribution >= 4 is 5.97 Å². The predicted molar refractivity (Wildman–Crippen MR) is 220 cm³/mol. The minimum absolute atomic E-state index is 0.0172. The van der Waals surface area contributed by atoms with Crippen molar-refractivity contribution in [2.45, 2.75) is 219 Å². The molecule has 16 heteroatoms. The van der Waals surface area contributed by atoms with Crippen LogP contribution in [-0.2, 0) is 44.6 Å². The predicted octanol–water partition coefficient (Wildman–Crippen LogP) is 3.88. The monoisotopic (exact) mass is 859 g/mol. The van der Waals surface area contributed by atoms with E-state index in [-0.39, 0.29) is 44.1 Å². The summed E-state index contributed by atoms with van der Waals surface area (Å²) in [7, 11) is 3.45. The topological polar surface area (TPSA) is 212 Å². The Morgan fingerprint density at radius 3 is 2.17 bits per heavy atom. The fraction of sp³-hybridized carbons (Fsp3) is 0.909. The third kappa shape index (κ3) is 11.3. The van der Waals surface area contributed by atoms with E-state index in [0.29, 0.717) is 17.9 Å². The lowest BCUT2D eigenvalue weighted by Gasteiger charge is -2.50. The number of hydrogen-bond acceptors (Lipinski definition) is 16. The second kappa shape index (κ2) is 20.4. The molecule has 0 bridgehead atoms. The highest BCUT2D eigenvalue weighted by Crippen LogP contribution is 2.42. The number of likely N-dealkylation sites (N-methyl/N-ethyl adjacent to an activating group) is 1. The van der Waals surface area contributed by atoms with Crippen molar-refractivity contribution in [3.05, 3.63) is 17.5 Å². The molecule has 0 saturated carbocycles. The van der Waals surface area contributed by atoms with E-state index in [1.54, 1.807) is 61.5 Å². The number of nitrogens with zero attached hydrogens (tertiary/aromatic N) is 2. The maximum atomic E-state index is 14.4. The average molecular weight is 859 g/mol. The van der Waals surface area contributed by atoms with Gasteiger partial charge in [0.15, 0.2) is 12.6 Å². The van der Waals surface area contributed by atoms with Crippen molar-refractivity contribution in [1.82, 2.24) is 10.1 Å². The van der Waals surface area contributed by atoms with Gasteiger partial charge in [-0.25, -0.2) is 0 Å². The first-order valence-corrected chi connectivity index (χ1v) is 21.9. The molecule has 3 aliphatic rings. The quantitative estimate of drug-likeness (QED) is 0.200. The number of methoxy groups -OCH3 is 1. The SMILES string of the molecule is CC[C@H]1OC(=O)[C@H](C)[C@@H](O[C@H]2C[C@@](C)(OC)[C@@H](O)[C@H](C)O2)[C@H](C)[C@@H](O[C@@H]2O[C@H](C)C[C@H](N(C)C(C)C)[C@H]2O)[C@](C)(O)C[C@@H](C)[C@H](OCc2cc(C)on2)[C@H](C)[C@@H](O)[C@]1(C)O. The summed E-state index contributed by atoms with van der Waals surface area (Å²) >= 11 is 0. The number of rotatable bonds is 11. The second-order valence-corrected chi connectivity index (χ2v) is 19.2. The maximum absolute atomic E-state index is 14.4.